The summed E-state index contributed by atoms with van der Waals surface area (Å²) in [4.78, 5) is 12.0. The smallest absolute Gasteiger partial charge is 0.387 e. The lowest BCUT2D eigenvalue weighted by molar-refractivity contribution is -0.0498. The molecule has 0 aliphatic rings. The van der Waals surface area contributed by atoms with Crippen molar-refractivity contribution in [1.29, 1.82) is 0 Å². The van der Waals surface area contributed by atoms with E-state index in [9.17, 15) is 18.0 Å². The van der Waals surface area contributed by atoms with Crippen molar-refractivity contribution in [1.82, 2.24) is 5.32 Å². The zero-order valence-corrected chi connectivity index (χ0v) is 13.4. The van der Waals surface area contributed by atoms with Gasteiger partial charge in [-0.05, 0) is 58.2 Å². The zero-order chi connectivity index (χ0) is 16.8. The van der Waals surface area contributed by atoms with Crippen LogP contribution >= 0.6 is 15.9 Å². The molecule has 2 aromatic carbocycles. The van der Waals surface area contributed by atoms with E-state index in [1.807, 2.05) is 0 Å². The summed E-state index contributed by atoms with van der Waals surface area (Å²) < 4.78 is 42.0. The van der Waals surface area contributed by atoms with Crippen LogP contribution in [0.3, 0.4) is 0 Å². The summed E-state index contributed by atoms with van der Waals surface area (Å²) >= 11 is 3.19. The molecule has 1 amide bonds. The fourth-order valence-electron chi connectivity index (χ4n) is 1.92. The van der Waals surface area contributed by atoms with Gasteiger partial charge in [-0.3, -0.25) is 4.79 Å². The van der Waals surface area contributed by atoms with Crippen LogP contribution in [0.5, 0.6) is 5.75 Å². The van der Waals surface area contributed by atoms with Gasteiger partial charge < -0.3 is 10.1 Å². The van der Waals surface area contributed by atoms with E-state index in [1.54, 1.807) is 12.1 Å². The topological polar surface area (TPSA) is 38.3 Å². The van der Waals surface area contributed by atoms with Crippen LogP contribution in [-0.4, -0.2) is 19.1 Å². The van der Waals surface area contributed by atoms with Crippen LogP contribution in [0, 0.1) is 5.82 Å². The molecule has 0 fully saturated rings. The van der Waals surface area contributed by atoms with Gasteiger partial charge in [0.25, 0.3) is 5.91 Å². The lowest BCUT2D eigenvalue weighted by Gasteiger charge is -2.08. The van der Waals surface area contributed by atoms with Gasteiger partial charge in [-0.1, -0.05) is 12.1 Å². The van der Waals surface area contributed by atoms with E-state index in [-0.39, 0.29) is 11.3 Å². The molecule has 0 aliphatic heterocycles. The van der Waals surface area contributed by atoms with E-state index in [1.165, 1.54) is 24.3 Å². The Labute approximate surface area is 139 Å². The molecule has 7 heteroatoms. The second kappa shape index (κ2) is 8.01. The Hall–Kier alpha value is -2.02. The van der Waals surface area contributed by atoms with Crippen molar-refractivity contribution in [2.75, 3.05) is 6.54 Å². The molecule has 23 heavy (non-hydrogen) atoms. The van der Waals surface area contributed by atoms with E-state index in [2.05, 4.69) is 26.0 Å². The van der Waals surface area contributed by atoms with Gasteiger partial charge in [-0.25, -0.2) is 4.39 Å². The van der Waals surface area contributed by atoms with Gasteiger partial charge >= 0.3 is 6.61 Å². The van der Waals surface area contributed by atoms with Crippen LogP contribution < -0.4 is 10.1 Å². The van der Waals surface area contributed by atoms with Crippen LogP contribution in [0.15, 0.2) is 46.9 Å². The van der Waals surface area contributed by atoms with E-state index in [0.29, 0.717) is 17.4 Å². The van der Waals surface area contributed by atoms with Gasteiger partial charge in [0, 0.05) is 11.0 Å². The van der Waals surface area contributed by atoms with Gasteiger partial charge in [0.15, 0.2) is 0 Å². The Kier molecular flexibility index (Phi) is 6.04. The minimum Gasteiger partial charge on any atom is -0.435 e. The molecule has 0 unspecified atom stereocenters. The first-order chi connectivity index (χ1) is 11.0. The molecule has 0 saturated heterocycles. The number of hydrogen-bond donors (Lipinski definition) is 1. The maximum Gasteiger partial charge on any atom is 0.387 e. The van der Waals surface area contributed by atoms with Crippen molar-refractivity contribution in [3.8, 4) is 5.75 Å². The van der Waals surface area contributed by atoms with Crippen LogP contribution in [-0.2, 0) is 6.42 Å². The molecule has 0 saturated carbocycles. The van der Waals surface area contributed by atoms with Crippen LogP contribution in [0.1, 0.15) is 15.9 Å². The van der Waals surface area contributed by atoms with Crippen molar-refractivity contribution in [3.63, 3.8) is 0 Å². The number of rotatable bonds is 6. The number of carbonyl (C=O) groups excluding carboxylic acids is 1. The molecule has 0 atom stereocenters. The standard InChI is InChI=1S/C16H13BrF3NO2/c17-14-6-3-11(18)9-13(14)15(22)21-8-7-10-1-4-12(5-2-10)23-16(19)20/h1-6,9,16H,7-8H2,(H,21,22). The summed E-state index contributed by atoms with van der Waals surface area (Å²) in [6.45, 7) is -2.53. The molecular weight excluding hydrogens is 375 g/mol. The SMILES string of the molecule is O=C(NCCc1ccc(OC(F)F)cc1)c1cc(F)ccc1Br. The summed E-state index contributed by atoms with van der Waals surface area (Å²) in [5, 5.41) is 2.68. The molecule has 2 aromatic rings. The van der Waals surface area contributed by atoms with Crippen molar-refractivity contribution in [2.24, 2.45) is 0 Å². The quantitative estimate of drug-likeness (QED) is 0.807. The van der Waals surface area contributed by atoms with Crippen molar-refractivity contribution in [3.05, 3.63) is 63.9 Å². The lowest BCUT2D eigenvalue weighted by Crippen LogP contribution is -2.26. The molecule has 1 N–H and O–H groups in total. The van der Waals surface area contributed by atoms with Crippen molar-refractivity contribution < 1.29 is 22.7 Å². The minimum absolute atomic E-state index is 0.0801. The summed E-state index contributed by atoms with van der Waals surface area (Å²) in [5.74, 6) is -0.807. The molecule has 0 aromatic heterocycles. The summed E-state index contributed by atoms with van der Waals surface area (Å²) in [5.41, 5.74) is 1.07. The maximum absolute atomic E-state index is 13.2. The van der Waals surface area contributed by atoms with Crippen LogP contribution in [0.4, 0.5) is 13.2 Å². The van der Waals surface area contributed by atoms with Crippen molar-refractivity contribution >= 4 is 21.8 Å². The monoisotopic (exact) mass is 387 g/mol. The lowest BCUT2D eigenvalue weighted by atomic mass is 10.1. The Balaban J connectivity index is 1.87. The number of hydrogen-bond acceptors (Lipinski definition) is 2. The summed E-state index contributed by atoms with van der Waals surface area (Å²) in [7, 11) is 0. The average Bonchev–Trinajstić information content (AvgIpc) is 2.51. The Bertz CT molecular complexity index is 678. The molecule has 2 rings (SSSR count). The van der Waals surface area contributed by atoms with Gasteiger partial charge in [0.1, 0.15) is 11.6 Å². The predicted octanol–water partition coefficient (Wildman–Crippen LogP) is 4.16. The third-order valence-corrected chi connectivity index (χ3v) is 3.71. The normalized spacial score (nSPS) is 10.7. The van der Waals surface area contributed by atoms with Crippen LogP contribution in [0.25, 0.3) is 0 Å². The Morgan fingerprint density at radius 3 is 2.52 bits per heavy atom. The number of halogens is 4. The molecule has 0 aliphatic carbocycles. The summed E-state index contributed by atoms with van der Waals surface area (Å²) in [6.07, 6.45) is 0.508. The largest absolute Gasteiger partial charge is 0.435 e. The van der Waals surface area contributed by atoms with Gasteiger partial charge in [-0.2, -0.15) is 8.78 Å². The van der Waals surface area contributed by atoms with Gasteiger partial charge in [0.05, 0.1) is 5.56 Å². The van der Waals surface area contributed by atoms with Gasteiger partial charge in [0.2, 0.25) is 0 Å². The number of ether oxygens (including phenoxy) is 1. The molecule has 0 radical (unpaired) electrons. The fraction of sp³-hybridized carbons (Fsp3) is 0.188. The highest BCUT2D eigenvalue weighted by Crippen LogP contribution is 2.18. The first-order valence-electron chi connectivity index (χ1n) is 6.72. The van der Waals surface area contributed by atoms with Crippen molar-refractivity contribution in [2.45, 2.75) is 13.0 Å². The van der Waals surface area contributed by atoms with Gasteiger partial charge in [-0.15, -0.1) is 0 Å². The van der Waals surface area contributed by atoms with E-state index >= 15 is 0 Å². The molecule has 0 heterocycles. The number of carbonyl (C=O) groups is 1. The number of amides is 1. The highest BCUT2D eigenvalue weighted by Gasteiger charge is 2.10. The highest BCUT2D eigenvalue weighted by molar-refractivity contribution is 9.10. The molecule has 0 bridgehead atoms. The fourth-order valence-corrected chi connectivity index (χ4v) is 2.35. The molecule has 3 nitrogen and oxygen atoms in total. The second-order valence-electron chi connectivity index (χ2n) is 4.65. The third-order valence-electron chi connectivity index (χ3n) is 3.02. The molecular formula is C16H13BrF3NO2. The van der Waals surface area contributed by atoms with E-state index in [0.717, 1.165) is 11.6 Å². The number of alkyl halides is 2. The second-order valence-corrected chi connectivity index (χ2v) is 5.51. The highest BCUT2D eigenvalue weighted by atomic mass is 79.9. The van der Waals surface area contributed by atoms with Crippen LogP contribution in [0.2, 0.25) is 0 Å². The predicted molar refractivity (Wildman–Crippen MR) is 83.2 cm³/mol. The average molecular weight is 388 g/mol. The Morgan fingerprint density at radius 1 is 1.17 bits per heavy atom. The summed E-state index contributed by atoms with van der Waals surface area (Å²) in [6, 6.07) is 10.0. The third kappa shape index (κ3) is 5.28. The van der Waals surface area contributed by atoms with E-state index in [4.69, 9.17) is 0 Å². The number of benzene rings is 2. The minimum atomic E-state index is -2.86. The zero-order valence-electron chi connectivity index (χ0n) is 11.9. The number of nitrogens with one attached hydrogen (secondary N) is 1. The Morgan fingerprint density at radius 2 is 1.87 bits per heavy atom. The first kappa shape index (κ1) is 17.3. The maximum atomic E-state index is 13.2. The van der Waals surface area contributed by atoms with E-state index < -0.39 is 18.3 Å². The first-order valence-corrected chi connectivity index (χ1v) is 7.52. The molecule has 122 valence electrons. The molecule has 0 spiro atoms.